The second kappa shape index (κ2) is 2.61. The van der Waals surface area contributed by atoms with Crippen LogP contribution in [0.5, 0.6) is 0 Å². The van der Waals surface area contributed by atoms with Crippen molar-refractivity contribution in [2.24, 2.45) is 0 Å². The van der Waals surface area contributed by atoms with Gasteiger partial charge in [-0.15, -0.1) is 5.10 Å². The van der Waals surface area contributed by atoms with Gasteiger partial charge in [0.05, 0.1) is 5.32 Å². The summed E-state index contributed by atoms with van der Waals surface area (Å²) in [7, 11) is -1.24. The summed E-state index contributed by atoms with van der Waals surface area (Å²) in [5, 5.41) is 11.8. The molecule has 0 atom stereocenters. The fourth-order valence-corrected chi connectivity index (χ4v) is 4.40. The van der Waals surface area contributed by atoms with E-state index in [4.69, 9.17) is 0 Å². The molecule has 5 heteroatoms. The van der Waals surface area contributed by atoms with Gasteiger partial charge in [-0.3, -0.25) is 5.10 Å². The van der Waals surface area contributed by atoms with E-state index in [0.717, 1.165) is 3.70 Å². The molecule has 1 heterocycles. The Kier molecular flexibility index (Phi) is 2.14. The van der Waals surface area contributed by atoms with Crippen LogP contribution in [0.25, 0.3) is 0 Å². The summed E-state index contributed by atoms with van der Waals surface area (Å²) in [5.41, 5.74) is 0. The third-order valence-electron chi connectivity index (χ3n) is 1.22. The molecule has 0 spiro atoms. The molecule has 1 aromatic heterocycles. The zero-order valence-electron chi connectivity index (χ0n) is 6.27. The Hall–Kier alpha value is 0.0869. The predicted molar refractivity (Wildman–Crippen MR) is 52.1 cm³/mol. The maximum absolute atomic E-state index is 4.04. The van der Waals surface area contributed by atoms with Crippen LogP contribution in [-0.2, 0) is 0 Å². The molecule has 0 fully saturated rings. The van der Waals surface area contributed by atoms with Crippen molar-refractivity contribution in [3.8, 4) is 0 Å². The van der Waals surface area contributed by atoms with Crippen LogP contribution in [0.1, 0.15) is 0 Å². The van der Waals surface area contributed by atoms with E-state index in [1.54, 1.807) is 0 Å². The summed E-state index contributed by atoms with van der Waals surface area (Å²) >= 11 is 2.23. The molecule has 0 saturated heterocycles. The third kappa shape index (κ3) is 1.57. The molecule has 1 rings (SSSR count). The number of H-pyrrole nitrogens is 1. The van der Waals surface area contributed by atoms with Crippen LogP contribution < -0.4 is 5.32 Å². The van der Waals surface area contributed by atoms with Gasteiger partial charge < -0.3 is 0 Å². The monoisotopic (exact) mass is 267 g/mol. The Morgan fingerprint density at radius 1 is 1.40 bits per heavy atom. The van der Waals surface area contributed by atoms with Gasteiger partial charge in [0.25, 0.3) is 0 Å². The zero-order valence-corrected chi connectivity index (χ0v) is 9.43. The van der Waals surface area contributed by atoms with E-state index in [-0.39, 0.29) is 0 Å². The van der Waals surface area contributed by atoms with Gasteiger partial charge in [0, 0.05) is 0 Å². The largest absolute Gasteiger partial charge is 0.252 e. The van der Waals surface area contributed by atoms with Gasteiger partial charge in [0.15, 0.2) is 0 Å². The lowest BCUT2D eigenvalue weighted by atomic mass is 10.9. The standard InChI is InChI=1S/C5H10IN3Si/c1-10(2,3)5-4(6)7-9-8-5/h1-3H3,(H,7,8,9). The lowest BCUT2D eigenvalue weighted by Gasteiger charge is -2.10. The van der Waals surface area contributed by atoms with Gasteiger partial charge in [0.1, 0.15) is 11.8 Å². The Bertz CT molecular complexity index is 227. The molecule has 1 N–H and O–H groups in total. The van der Waals surface area contributed by atoms with Crippen LogP contribution in [0.4, 0.5) is 0 Å². The van der Waals surface area contributed by atoms with E-state index in [1.165, 1.54) is 5.32 Å². The Balaban J connectivity index is 3.05. The summed E-state index contributed by atoms with van der Waals surface area (Å²) in [6.07, 6.45) is 0. The number of nitrogens with one attached hydrogen (secondary N) is 1. The van der Waals surface area contributed by atoms with Crippen LogP contribution in [0.15, 0.2) is 0 Å². The van der Waals surface area contributed by atoms with Crippen molar-refractivity contribution in [3.63, 3.8) is 0 Å². The topological polar surface area (TPSA) is 41.6 Å². The van der Waals surface area contributed by atoms with Gasteiger partial charge in [-0.1, -0.05) is 24.9 Å². The van der Waals surface area contributed by atoms with E-state index >= 15 is 0 Å². The highest BCUT2D eigenvalue weighted by molar-refractivity contribution is 14.1. The number of hydrogen-bond donors (Lipinski definition) is 1. The van der Waals surface area contributed by atoms with Gasteiger partial charge in [0.2, 0.25) is 0 Å². The second-order valence-electron chi connectivity index (χ2n) is 3.22. The predicted octanol–water partition coefficient (Wildman–Crippen LogP) is 0.954. The zero-order chi connectivity index (χ0) is 7.78. The normalized spacial score (nSPS) is 12.0. The van der Waals surface area contributed by atoms with E-state index in [0.29, 0.717) is 0 Å². The minimum absolute atomic E-state index is 1.09. The van der Waals surface area contributed by atoms with Gasteiger partial charge in [-0.05, 0) is 22.6 Å². The summed E-state index contributed by atoms with van der Waals surface area (Å²) in [4.78, 5) is 0. The summed E-state index contributed by atoms with van der Waals surface area (Å²) in [6, 6.07) is 0. The first-order chi connectivity index (χ1) is 4.52. The van der Waals surface area contributed by atoms with Crippen molar-refractivity contribution < 1.29 is 0 Å². The van der Waals surface area contributed by atoms with Gasteiger partial charge in [-0.25, -0.2) is 0 Å². The Labute approximate surface area is 74.8 Å². The molecule has 1 aromatic rings. The molecular weight excluding hydrogens is 257 g/mol. The average molecular weight is 267 g/mol. The van der Waals surface area contributed by atoms with Crippen molar-refractivity contribution in [2.45, 2.75) is 19.6 Å². The van der Waals surface area contributed by atoms with Crippen LogP contribution in [0, 0.1) is 3.70 Å². The second-order valence-corrected chi connectivity index (χ2v) is 9.28. The highest BCUT2D eigenvalue weighted by Crippen LogP contribution is 2.03. The third-order valence-corrected chi connectivity index (χ3v) is 4.25. The molecular formula is C5H10IN3Si. The highest BCUT2D eigenvalue weighted by Gasteiger charge is 2.22. The van der Waals surface area contributed by atoms with E-state index in [2.05, 4.69) is 57.6 Å². The summed E-state index contributed by atoms with van der Waals surface area (Å²) < 4.78 is 1.09. The molecule has 0 aromatic carbocycles. The molecule has 56 valence electrons. The number of hydrogen-bond acceptors (Lipinski definition) is 2. The number of halogens is 1. The highest BCUT2D eigenvalue weighted by atomic mass is 127. The minimum Gasteiger partial charge on any atom is -0.252 e. The number of aromatic amines is 1. The van der Waals surface area contributed by atoms with E-state index in [9.17, 15) is 0 Å². The maximum atomic E-state index is 4.04. The van der Waals surface area contributed by atoms with Crippen LogP contribution in [0.2, 0.25) is 19.6 Å². The fourth-order valence-electron chi connectivity index (χ4n) is 0.695. The van der Waals surface area contributed by atoms with Crippen molar-refractivity contribution >= 4 is 36.0 Å². The first-order valence-electron chi connectivity index (χ1n) is 3.09. The Morgan fingerprint density at radius 3 is 2.20 bits per heavy atom. The van der Waals surface area contributed by atoms with Crippen molar-refractivity contribution in [1.29, 1.82) is 0 Å². The molecule has 10 heavy (non-hydrogen) atoms. The molecule has 0 aliphatic heterocycles. The maximum Gasteiger partial charge on any atom is 0.115 e. The fraction of sp³-hybridized carbons (Fsp3) is 0.600. The van der Waals surface area contributed by atoms with Crippen LogP contribution in [0.3, 0.4) is 0 Å². The number of aromatic nitrogens is 3. The number of nitrogens with zero attached hydrogens (tertiary/aromatic N) is 2. The van der Waals surface area contributed by atoms with E-state index < -0.39 is 8.07 Å². The first kappa shape index (κ1) is 8.19. The Morgan fingerprint density at radius 2 is 2.00 bits per heavy atom. The summed E-state index contributed by atoms with van der Waals surface area (Å²) in [5.74, 6) is 0. The lowest BCUT2D eigenvalue weighted by molar-refractivity contribution is 0.937. The molecule has 3 nitrogen and oxygen atoms in total. The van der Waals surface area contributed by atoms with Crippen molar-refractivity contribution in [1.82, 2.24) is 15.4 Å². The van der Waals surface area contributed by atoms with E-state index in [1.807, 2.05) is 0 Å². The number of rotatable bonds is 1. The summed E-state index contributed by atoms with van der Waals surface area (Å²) in [6.45, 7) is 6.77. The minimum atomic E-state index is -1.24. The molecule has 0 aliphatic carbocycles. The SMILES string of the molecule is C[Si](C)(C)c1nn[nH]c1I. The molecule has 0 bridgehead atoms. The smallest absolute Gasteiger partial charge is 0.115 e. The van der Waals surface area contributed by atoms with Gasteiger partial charge >= 0.3 is 0 Å². The molecule has 0 saturated carbocycles. The van der Waals surface area contributed by atoms with Crippen LogP contribution in [-0.4, -0.2) is 23.5 Å². The quantitative estimate of drug-likeness (QED) is 0.608. The van der Waals surface area contributed by atoms with Crippen LogP contribution >= 0.6 is 22.6 Å². The van der Waals surface area contributed by atoms with Crippen molar-refractivity contribution in [3.05, 3.63) is 3.70 Å². The first-order valence-corrected chi connectivity index (χ1v) is 7.66. The molecule has 0 unspecified atom stereocenters. The average Bonchev–Trinajstić information content (AvgIpc) is 2.11. The molecule has 0 amide bonds. The molecule has 0 radical (unpaired) electrons. The van der Waals surface area contributed by atoms with Crippen molar-refractivity contribution in [2.75, 3.05) is 0 Å². The lowest BCUT2D eigenvalue weighted by Crippen LogP contribution is -2.40. The molecule has 0 aliphatic rings. The van der Waals surface area contributed by atoms with Gasteiger partial charge in [-0.2, -0.15) is 0 Å².